The van der Waals surface area contributed by atoms with Crippen LogP contribution in [0.2, 0.25) is 0 Å². The van der Waals surface area contributed by atoms with E-state index < -0.39 is 0 Å². The number of aryl methyl sites for hydroxylation is 2. The van der Waals surface area contributed by atoms with Gasteiger partial charge < -0.3 is 4.90 Å². The molecule has 0 N–H and O–H groups in total. The fourth-order valence-electron chi connectivity index (χ4n) is 2.61. The molecule has 0 aliphatic heterocycles. The van der Waals surface area contributed by atoms with Crippen molar-refractivity contribution in [3.05, 3.63) is 69.5 Å². The Morgan fingerprint density at radius 1 is 1.08 bits per heavy atom. The number of anilines is 1. The van der Waals surface area contributed by atoms with Crippen LogP contribution in [0.3, 0.4) is 0 Å². The van der Waals surface area contributed by atoms with Gasteiger partial charge in [0.2, 0.25) is 0 Å². The van der Waals surface area contributed by atoms with E-state index in [9.17, 15) is 5.26 Å². The van der Waals surface area contributed by atoms with Gasteiger partial charge in [-0.15, -0.1) is 11.3 Å². The summed E-state index contributed by atoms with van der Waals surface area (Å²) in [6.45, 7) is 4.20. The monoisotopic (exact) mass is 359 g/mol. The Labute approximate surface area is 158 Å². The number of benzene rings is 2. The molecular weight excluding hydrogens is 338 g/mol. The highest BCUT2D eigenvalue weighted by atomic mass is 32.1. The standard InChI is InChI=1S/C22H21N3S/c1-15-5-8-18(11-16(15)2)21-14-26-22(24-21)19(13-23)12-17-6-9-20(10-7-17)25(3)4/h5-12,14H,1-4H3/b19-12+. The summed E-state index contributed by atoms with van der Waals surface area (Å²) in [6, 6.07) is 16.7. The summed E-state index contributed by atoms with van der Waals surface area (Å²) in [6.07, 6.45) is 1.89. The van der Waals surface area contributed by atoms with E-state index in [1.54, 1.807) is 0 Å². The molecule has 0 unspecified atom stereocenters. The molecule has 0 saturated carbocycles. The van der Waals surface area contributed by atoms with Gasteiger partial charge >= 0.3 is 0 Å². The van der Waals surface area contributed by atoms with Crippen LogP contribution in [0.1, 0.15) is 21.7 Å². The van der Waals surface area contributed by atoms with E-state index in [1.165, 1.54) is 22.5 Å². The summed E-state index contributed by atoms with van der Waals surface area (Å²) in [5.41, 5.74) is 7.22. The Morgan fingerprint density at radius 3 is 2.42 bits per heavy atom. The van der Waals surface area contributed by atoms with Gasteiger partial charge in [0, 0.05) is 30.7 Å². The maximum absolute atomic E-state index is 9.58. The Bertz CT molecular complexity index is 989. The molecule has 1 heterocycles. The van der Waals surface area contributed by atoms with Crippen molar-refractivity contribution in [1.29, 1.82) is 5.26 Å². The molecule has 0 aliphatic rings. The van der Waals surface area contributed by atoms with Gasteiger partial charge in [-0.05, 0) is 54.8 Å². The quantitative estimate of drug-likeness (QED) is 0.573. The lowest BCUT2D eigenvalue weighted by Gasteiger charge is -2.11. The number of aromatic nitrogens is 1. The number of nitriles is 1. The van der Waals surface area contributed by atoms with Crippen LogP contribution in [0.15, 0.2) is 47.8 Å². The van der Waals surface area contributed by atoms with Crippen molar-refractivity contribution in [2.75, 3.05) is 19.0 Å². The van der Waals surface area contributed by atoms with Crippen LogP contribution in [0.25, 0.3) is 22.9 Å². The first-order chi connectivity index (χ1) is 12.5. The van der Waals surface area contributed by atoms with Crippen molar-refractivity contribution in [2.45, 2.75) is 13.8 Å². The minimum Gasteiger partial charge on any atom is -0.378 e. The first-order valence-electron chi connectivity index (χ1n) is 8.40. The summed E-state index contributed by atoms with van der Waals surface area (Å²) in [4.78, 5) is 6.73. The summed E-state index contributed by atoms with van der Waals surface area (Å²) < 4.78 is 0. The van der Waals surface area contributed by atoms with E-state index >= 15 is 0 Å². The van der Waals surface area contributed by atoms with Crippen molar-refractivity contribution in [2.24, 2.45) is 0 Å². The van der Waals surface area contributed by atoms with Crippen molar-refractivity contribution < 1.29 is 0 Å². The molecule has 26 heavy (non-hydrogen) atoms. The molecule has 4 heteroatoms. The lowest BCUT2D eigenvalue weighted by molar-refractivity contribution is 1.13. The van der Waals surface area contributed by atoms with Gasteiger partial charge in [-0.1, -0.05) is 24.3 Å². The first kappa shape index (κ1) is 17.9. The van der Waals surface area contributed by atoms with Gasteiger partial charge in [0.05, 0.1) is 11.3 Å². The summed E-state index contributed by atoms with van der Waals surface area (Å²) >= 11 is 1.50. The number of thiazole rings is 1. The molecule has 0 aliphatic carbocycles. The Morgan fingerprint density at radius 2 is 1.81 bits per heavy atom. The smallest absolute Gasteiger partial charge is 0.134 e. The maximum atomic E-state index is 9.58. The third kappa shape index (κ3) is 3.84. The second-order valence-corrected chi connectivity index (χ2v) is 7.35. The minimum atomic E-state index is 0.586. The lowest BCUT2D eigenvalue weighted by atomic mass is 10.1. The van der Waals surface area contributed by atoms with Gasteiger partial charge in [0.25, 0.3) is 0 Å². The molecule has 0 bridgehead atoms. The largest absolute Gasteiger partial charge is 0.378 e. The van der Waals surface area contributed by atoms with E-state index in [1.807, 2.05) is 49.8 Å². The fourth-order valence-corrected chi connectivity index (χ4v) is 3.40. The Kier molecular flexibility index (Phi) is 5.20. The lowest BCUT2D eigenvalue weighted by Crippen LogP contribution is -2.07. The van der Waals surface area contributed by atoms with E-state index in [0.29, 0.717) is 5.57 Å². The van der Waals surface area contributed by atoms with Crippen LogP contribution in [0.4, 0.5) is 5.69 Å². The normalized spacial score (nSPS) is 11.3. The molecular formula is C22H21N3S. The molecule has 0 amide bonds. The topological polar surface area (TPSA) is 39.9 Å². The zero-order chi connectivity index (χ0) is 18.7. The average molecular weight is 359 g/mol. The van der Waals surface area contributed by atoms with Gasteiger partial charge in [0.15, 0.2) is 0 Å². The van der Waals surface area contributed by atoms with E-state index in [2.05, 4.69) is 48.0 Å². The molecule has 0 spiro atoms. The SMILES string of the molecule is Cc1ccc(-c2csc(/C(C#N)=C/c3ccc(N(C)C)cc3)n2)cc1C. The number of hydrogen-bond acceptors (Lipinski definition) is 4. The van der Waals surface area contributed by atoms with Gasteiger partial charge in [-0.2, -0.15) is 5.26 Å². The van der Waals surface area contributed by atoms with E-state index in [0.717, 1.165) is 27.5 Å². The van der Waals surface area contributed by atoms with Crippen LogP contribution < -0.4 is 4.90 Å². The molecule has 0 saturated heterocycles. The van der Waals surface area contributed by atoms with Crippen LogP contribution in [-0.2, 0) is 0 Å². The van der Waals surface area contributed by atoms with Crippen LogP contribution in [-0.4, -0.2) is 19.1 Å². The molecule has 1 aromatic heterocycles. The highest BCUT2D eigenvalue weighted by Crippen LogP contribution is 2.28. The maximum Gasteiger partial charge on any atom is 0.134 e. The zero-order valence-electron chi connectivity index (χ0n) is 15.4. The van der Waals surface area contributed by atoms with Crippen molar-refractivity contribution in [3.8, 4) is 17.3 Å². The molecule has 0 radical (unpaired) electrons. The molecule has 0 atom stereocenters. The molecule has 2 aromatic carbocycles. The van der Waals surface area contributed by atoms with E-state index in [-0.39, 0.29) is 0 Å². The van der Waals surface area contributed by atoms with Crippen LogP contribution in [0, 0.1) is 25.2 Å². The highest BCUT2D eigenvalue weighted by Gasteiger charge is 2.10. The predicted octanol–water partition coefficient (Wildman–Crippen LogP) is 5.56. The number of rotatable bonds is 4. The van der Waals surface area contributed by atoms with Crippen LogP contribution >= 0.6 is 11.3 Å². The first-order valence-corrected chi connectivity index (χ1v) is 9.28. The predicted molar refractivity (Wildman–Crippen MR) is 111 cm³/mol. The second-order valence-electron chi connectivity index (χ2n) is 6.49. The van der Waals surface area contributed by atoms with Gasteiger partial charge in [-0.3, -0.25) is 0 Å². The van der Waals surface area contributed by atoms with Crippen molar-refractivity contribution >= 4 is 28.7 Å². The second kappa shape index (κ2) is 7.55. The van der Waals surface area contributed by atoms with E-state index in [4.69, 9.17) is 0 Å². The highest BCUT2D eigenvalue weighted by molar-refractivity contribution is 7.11. The third-order valence-corrected chi connectivity index (χ3v) is 5.25. The van der Waals surface area contributed by atoms with Crippen LogP contribution in [0.5, 0.6) is 0 Å². The van der Waals surface area contributed by atoms with Crippen molar-refractivity contribution in [3.63, 3.8) is 0 Å². The molecule has 3 rings (SSSR count). The number of allylic oxidation sites excluding steroid dienone is 1. The number of nitrogens with zero attached hydrogens (tertiary/aromatic N) is 3. The minimum absolute atomic E-state index is 0.586. The average Bonchev–Trinajstić information content (AvgIpc) is 3.12. The van der Waals surface area contributed by atoms with Crippen molar-refractivity contribution in [1.82, 2.24) is 4.98 Å². The molecule has 0 fully saturated rings. The summed E-state index contributed by atoms with van der Waals surface area (Å²) in [5.74, 6) is 0. The third-order valence-electron chi connectivity index (χ3n) is 4.38. The molecule has 3 nitrogen and oxygen atoms in total. The molecule has 130 valence electrons. The summed E-state index contributed by atoms with van der Waals surface area (Å²) in [7, 11) is 4.02. The Balaban J connectivity index is 1.90. The molecule has 3 aromatic rings. The number of hydrogen-bond donors (Lipinski definition) is 0. The summed E-state index contributed by atoms with van der Waals surface area (Å²) in [5, 5.41) is 12.3. The Hall–Kier alpha value is -2.90. The fraction of sp³-hybridized carbons (Fsp3) is 0.182. The van der Waals surface area contributed by atoms with Gasteiger partial charge in [0.1, 0.15) is 11.1 Å². The van der Waals surface area contributed by atoms with Gasteiger partial charge in [-0.25, -0.2) is 4.98 Å². The zero-order valence-corrected chi connectivity index (χ0v) is 16.3.